The number of hydrogen-bond donors (Lipinski definition) is 14. The maximum atomic E-state index is 11.9. The van der Waals surface area contributed by atoms with Crippen molar-refractivity contribution in [1.82, 2.24) is 0 Å². The molecule has 5 aliphatic heterocycles. The average molecular weight is 1220 g/mol. The second-order valence-electron chi connectivity index (χ2n) is 28.4. The summed E-state index contributed by atoms with van der Waals surface area (Å²) in [6.45, 7) is 19.4. The van der Waals surface area contributed by atoms with Crippen LogP contribution in [0.15, 0.2) is 24.0 Å². The minimum Gasteiger partial charge on any atom is -0.510 e. The van der Waals surface area contributed by atoms with Crippen LogP contribution in [0, 0.1) is 45.3 Å². The molecule has 0 aromatic heterocycles. The standard InChI is InChI=1S/C61H102O24/c1-28(10-14-44(58(5,6)75)83-56-51(85-55-46(71)37(66)20-30(24-62)78-55)39(68)22-32(80-56)27-77-53-49(74)47(72)48(73)50(84-53)29(2)64)33-16-17-61(9)42-13-11-34-35(59(42,7)18-19-60(33,61)8)12-15-43(57(34,3)4)82-54-45(70)38(67)21-31(79-54)26-76-52-40(69)23-36(65)41(25-63)81-52/h11,28,30-33,35-56,62-75H,2,10,12-27H2,1,3-9H3/t28-,30+,31+,32+,33?,35?,36+,37+,38+,39+,40-,41-,42?,43+,44-,45-,46-,47+,48+,49-,50-,51?,52-,53+,54+,55+,56+,59+,60-,61+/m1/s1. The van der Waals surface area contributed by atoms with Gasteiger partial charge in [-0.15, -0.1) is 0 Å². The summed E-state index contributed by atoms with van der Waals surface area (Å²) < 4.78 is 60.9. The van der Waals surface area contributed by atoms with Crippen molar-refractivity contribution in [3.05, 3.63) is 24.0 Å². The lowest BCUT2D eigenvalue weighted by molar-refractivity contribution is -0.360. The number of ether oxygens (including phenoxy) is 10. The van der Waals surface area contributed by atoms with E-state index >= 15 is 0 Å². The smallest absolute Gasteiger partial charge is 0.187 e. The van der Waals surface area contributed by atoms with E-state index < -0.39 is 165 Å². The Hall–Kier alpha value is -1.64. The number of rotatable bonds is 20. The Bertz CT molecular complexity index is 2250. The van der Waals surface area contributed by atoms with Crippen molar-refractivity contribution in [2.24, 2.45) is 45.3 Å². The van der Waals surface area contributed by atoms with Gasteiger partial charge in [0.15, 0.2) is 31.5 Å². The number of aliphatic hydroxyl groups is 14. The molecule has 8 fully saturated rings. The van der Waals surface area contributed by atoms with E-state index in [1.165, 1.54) is 5.57 Å². The van der Waals surface area contributed by atoms with Gasteiger partial charge in [-0.1, -0.05) is 59.8 Å². The Morgan fingerprint density at radius 2 is 1.24 bits per heavy atom. The van der Waals surface area contributed by atoms with Crippen LogP contribution >= 0.6 is 0 Å². The molecular formula is C61H102O24. The molecule has 490 valence electrons. The molecule has 4 aliphatic carbocycles. The summed E-state index contributed by atoms with van der Waals surface area (Å²) in [5, 5.41) is 149. The van der Waals surface area contributed by atoms with Gasteiger partial charge in [0, 0.05) is 31.1 Å². The highest BCUT2D eigenvalue weighted by molar-refractivity contribution is 5.30. The van der Waals surface area contributed by atoms with E-state index in [9.17, 15) is 71.5 Å². The molecule has 9 rings (SSSR count). The predicted molar refractivity (Wildman–Crippen MR) is 298 cm³/mol. The molecule has 24 heteroatoms. The second kappa shape index (κ2) is 26.5. The molecule has 5 saturated heterocycles. The van der Waals surface area contributed by atoms with Crippen LogP contribution in [0.1, 0.15) is 139 Å². The number of fused-ring (bicyclic) bond motifs is 5. The minimum atomic E-state index is -1.77. The third kappa shape index (κ3) is 13.4. The van der Waals surface area contributed by atoms with Gasteiger partial charge in [-0.3, -0.25) is 0 Å². The summed E-state index contributed by atoms with van der Waals surface area (Å²) in [5.41, 5.74) is -0.621. The van der Waals surface area contributed by atoms with Gasteiger partial charge in [0.2, 0.25) is 0 Å². The van der Waals surface area contributed by atoms with Crippen LogP contribution in [-0.2, 0) is 47.4 Å². The van der Waals surface area contributed by atoms with Gasteiger partial charge in [-0.2, -0.15) is 0 Å². The highest BCUT2D eigenvalue weighted by Gasteiger charge is 2.68. The molecule has 0 bridgehead atoms. The molecule has 0 radical (unpaired) electrons. The van der Waals surface area contributed by atoms with Crippen LogP contribution in [-0.4, -0.2) is 245 Å². The average Bonchev–Trinajstić information content (AvgIpc) is 1.74. The topological polar surface area (TPSA) is 376 Å². The summed E-state index contributed by atoms with van der Waals surface area (Å²) >= 11 is 0. The van der Waals surface area contributed by atoms with E-state index in [1.807, 2.05) is 0 Å². The third-order valence-electron chi connectivity index (χ3n) is 22.3. The molecule has 0 aromatic carbocycles. The van der Waals surface area contributed by atoms with E-state index in [-0.39, 0.29) is 73.1 Å². The number of allylic oxidation sites excluding steroid dienone is 1. The minimum absolute atomic E-state index is 0.0128. The van der Waals surface area contributed by atoms with Gasteiger partial charge in [-0.05, 0) is 112 Å². The zero-order valence-electron chi connectivity index (χ0n) is 50.7. The largest absolute Gasteiger partial charge is 0.510 e. The van der Waals surface area contributed by atoms with Crippen molar-refractivity contribution in [2.75, 3.05) is 26.4 Å². The Kier molecular flexibility index (Phi) is 21.1. The van der Waals surface area contributed by atoms with Crippen molar-refractivity contribution >= 4 is 0 Å². The normalized spacial score (nSPS) is 49.2. The van der Waals surface area contributed by atoms with Crippen LogP contribution in [0.25, 0.3) is 0 Å². The van der Waals surface area contributed by atoms with Gasteiger partial charge in [-0.25, -0.2) is 0 Å². The van der Waals surface area contributed by atoms with E-state index in [1.54, 1.807) is 13.8 Å². The summed E-state index contributed by atoms with van der Waals surface area (Å²) in [6, 6.07) is 0. The Morgan fingerprint density at radius 3 is 1.87 bits per heavy atom. The van der Waals surface area contributed by atoms with E-state index in [2.05, 4.69) is 54.2 Å². The first-order valence-corrected chi connectivity index (χ1v) is 31.2. The first-order chi connectivity index (χ1) is 39.9. The zero-order chi connectivity index (χ0) is 62.0. The monoisotopic (exact) mass is 1220 g/mol. The molecule has 4 unspecified atom stereocenters. The van der Waals surface area contributed by atoms with E-state index in [0.29, 0.717) is 31.1 Å². The summed E-state index contributed by atoms with van der Waals surface area (Å²) in [7, 11) is 0. The van der Waals surface area contributed by atoms with Gasteiger partial charge < -0.3 is 119 Å². The number of aliphatic hydroxyl groups excluding tert-OH is 13. The highest BCUT2D eigenvalue weighted by atomic mass is 16.8. The second-order valence-corrected chi connectivity index (χ2v) is 28.4. The molecule has 30 atom stereocenters. The summed E-state index contributed by atoms with van der Waals surface area (Å²) in [6.07, 6.45) is -18.6. The first kappa shape index (κ1) is 67.7. The summed E-state index contributed by atoms with van der Waals surface area (Å²) in [5.74, 6) is 0.580. The van der Waals surface area contributed by atoms with Crippen LogP contribution in [0.5, 0.6) is 0 Å². The van der Waals surface area contributed by atoms with E-state index in [0.717, 1.165) is 38.5 Å². The fourth-order valence-corrected chi connectivity index (χ4v) is 16.9. The van der Waals surface area contributed by atoms with Gasteiger partial charge in [0.05, 0.1) is 87.0 Å². The molecule has 0 spiro atoms. The van der Waals surface area contributed by atoms with Crippen LogP contribution < -0.4 is 0 Å². The van der Waals surface area contributed by atoms with E-state index in [4.69, 9.17) is 47.4 Å². The highest BCUT2D eigenvalue weighted by Crippen LogP contribution is 2.75. The Morgan fingerprint density at radius 1 is 0.624 bits per heavy atom. The molecule has 9 aliphatic rings. The number of hydrogen-bond acceptors (Lipinski definition) is 24. The van der Waals surface area contributed by atoms with Crippen LogP contribution in [0.2, 0.25) is 0 Å². The Labute approximate surface area is 498 Å². The molecular weight excluding hydrogens is 1120 g/mol. The van der Waals surface area contributed by atoms with Crippen molar-refractivity contribution in [3.8, 4) is 0 Å². The molecule has 3 saturated carbocycles. The molecule has 0 aromatic rings. The van der Waals surface area contributed by atoms with Crippen molar-refractivity contribution in [1.29, 1.82) is 0 Å². The van der Waals surface area contributed by atoms with Gasteiger partial charge in [0.25, 0.3) is 0 Å². The maximum absolute atomic E-state index is 11.9. The van der Waals surface area contributed by atoms with Crippen molar-refractivity contribution in [3.63, 3.8) is 0 Å². The predicted octanol–water partition coefficient (Wildman–Crippen LogP) is 0.818. The molecule has 24 nitrogen and oxygen atoms in total. The lowest BCUT2D eigenvalue weighted by Gasteiger charge is -2.66. The lowest BCUT2D eigenvalue weighted by atomic mass is 9.39. The fraction of sp³-hybridized carbons (Fsp3) is 0.934. The lowest BCUT2D eigenvalue weighted by Crippen LogP contribution is -2.60. The SMILES string of the molecule is C=C(O)[C@H]1O[C@H](OC[C@@H]2C[C@H](O)C(O[C@@H]3O[C@H](CO)C[C@H](O)[C@H]3O)[C@H](O[C@H](CC[C@@H](C)C3CC[C@@]4(C)C5CC=C6C(CC[C@H](O[C@@H]7O[C@H](CO[C@@H]8O[C@H](CO)[C@@H](O)C[C@H]8O)C[C@H](O)[C@H]7O)C6(C)C)[C@]5(C)CC[C@]34C)C(C)(C)O)O2)[C@H](O)[C@@H](O)[C@@H]1O. The molecule has 85 heavy (non-hydrogen) atoms. The van der Waals surface area contributed by atoms with Crippen LogP contribution in [0.4, 0.5) is 0 Å². The maximum Gasteiger partial charge on any atom is 0.187 e. The van der Waals surface area contributed by atoms with Crippen LogP contribution in [0.3, 0.4) is 0 Å². The molecule has 0 amide bonds. The Balaban J connectivity index is 0.857. The molecule has 14 N–H and O–H groups in total. The van der Waals surface area contributed by atoms with Crippen molar-refractivity contribution < 1.29 is 119 Å². The fourth-order valence-electron chi connectivity index (χ4n) is 16.9. The summed E-state index contributed by atoms with van der Waals surface area (Å²) in [4.78, 5) is 0. The molecule has 5 heterocycles. The third-order valence-corrected chi connectivity index (χ3v) is 22.3. The first-order valence-electron chi connectivity index (χ1n) is 31.2. The van der Waals surface area contributed by atoms with Gasteiger partial charge >= 0.3 is 0 Å². The quantitative estimate of drug-likeness (QED) is 0.0593. The zero-order valence-corrected chi connectivity index (χ0v) is 50.7. The van der Waals surface area contributed by atoms with Gasteiger partial charge in [0.1, 0.15) is 60.7 Å². The van der Waals surface area contributed by atoms with Crippen molar-refractivity contribution in [2.45, 2.75) is 286 Å².